The predicted octanol–water partition coefficient (Wildman–Crippen LogP) is 0.459. The molecule has 2 N–H and O–H groups in total. The van der Waals surface area contributed by atoms with Gasteiger partial charge in [-0.25, -0.2) is 15.0 Å². The van der Waals surface area contributed by atoms with Crippen molar-refractivity contribution in [1.82, 2.24) is 30.0 Å². The number of ether oxygens (including phenoxy) is 1. The van der Waals surface area contributed by atoms with Gasteiger partial charge in [0.25, 0.3) is 0 Å². The van der Waals surface area contributed by atoms with Gasteiger partial charge in [0, 0.05) is 33.3 Å². The van der Waals surface area contributed by atoms with E-state index in [2.05, 4.69) is 34.9 Å². The average molecular weight is 356 g/mol. The summed E-state index contributed by atoms with van der Waals surface area (Å²) in [5.41, 5.74) is 6.36. The zero-order chi connectivity index (χ0) is 17.9. The molecule has 1 aliphatic heterocycles. The van der Waals surface area contributed by atoms with Gasteiger partial charge in [0.05, 0.1) is 11.9 Å². The Kier molecular flexibility index (Phi) is 4.59. The van der Waals surface area contributed by atoms with Crippen molar-refractivity contribution >= 4 is 22.7 Å². The van der Waals surface area contributed by atoms with Crippen molar-refractivity contribution in [2.75, 3.05) is 43.9 Å². The molecule has 136 valence electrons. The van der Waals surface area contributed by atoms with E-state index in [0.29, 0.717) is 36.3 Å². The highest BCUT2D eigenvalue weighted by Gasteiger charge is 2.22. The van der Waals surface area contributed by atoms with Gasteiger partial charge in [-0.2, -0.15) is 4.98 Å². The molecule has 0 spiro atoms. The van der Waals surface area contributed by atoms with E-state index in [1.54, 1.807) is 13.2 Å². The van der Waals surface area contributed by atoms with Gasteiger partial charge in [-0.3, -0.25) is 4.90 Å². The molecule has 10 nitrogen and oxygen atoms in total. The van der Waals surface area contributed by atoms with E-state index in [1.165, 1.54) is 6.33 Å². The Hall–Kier alpha value is -2.85. The number of fused-ring (bicyclic) bond motifs is 1. The van der Waals surface area contributed by atoms with Crippen LogP contribution in [0.15, 0.2) is 23.0 Å². The van der Waals surface area contributed by atoms with Crippen molar-refractivity contribution in [2.45, 2.75) is 13.2 Å². The first-order valence-electron chi connectivity index (χ1n) is 8.38. The number of hydrogen-bond donors (Lipinski definition) is 1. The fourth-order valence-corrected chi connectivity index (χ4v) is 3.05. The highest BCUT2D eigenvalue weighted by molar-refractivity contribution is 5.87. The molecule has 0 unspecified atom stereocenters. The Balaban J connectivity index is 1.42. The van der Waals surface area contributed by atoms with Gasteiger partial charge in [0.15, 0.2) is 11.5 Å². The minimum absolute atomic E-state index is 0.358. The summed E-state index contributed by atoms with van der Waals surface area (Å²) in [6.45, 7) is 4.42. The maximum atomic E-state index is 5.75. The van der Waals surface area contributed by atoms with Crippen LogP contribution in [0.5, 0.6) is 0 Å². The highest BCUT2D eigenvalue weighted by Crippen LogP contribution is 2.23. The second-order valence-corrected chi connectivity index (χ2v) is 6.11. The van der Waals surface area contributed by atoms with E-state index >= 15 is 0 Å². The Labute approximate surface area is 150 Å². The van der Waals surface area contributed by atoms with Gasteiger partial charge in [-0.1, -0.05) is 5.16 Å². The van der Waals surface area contributed by atoms with Crippen LogP contribution in [-0.4, -0.2) is 63.3 Å². The van der Waals surface area contributed by atoms with Crippen molar-refractivity contribution in [1.29, 1.82) is 0 Å². The van der Waals surface area contributed by atoms with Crippen LogP contribution in [0.4, 0.5) is 11.6 Å². The molecule has 1 saturated heterocycles. The Morgan fingerprint density at radius 2 is 2.00 bits per heavy atom. The summed E-state index contributed by atoms with van der Waals surface area (Å²) in [6.07, 6.45) is 1.53. The number of rotatable bonds is 5. The van der Waals surface area contributed by atoms with E-state index in [4.69, 9.17) is 15.0 Å². The maximum Gasteiger partial charge on any atom is 0.240 e. The molecular weight excluding hydrogens is 336 g/mol. The molecule has 3 aromatic heterocycles. The molecule has 0 aromatic carbocycles. The Morgan fingerprint density at radius 3 is 2.81 bits per heavy atom. The lowest BCUT2D eigenvalue weighted by Crippen LogP contribution is -2.46. The van der Waals surface area contributed by atoms with Crippen LogP contribution >= 0.6 is 0 Å². The van der Waals surface area contributed by atoms with Crippen LogP contribution in [0.1, 0.15) is 11.7 Å². The largest absolute Gasteiger partial charge is 0.384 e. The molecule has 3 aromatic rings. The normalized spacial score (nSPS) is 15.7. The van der Waals surface area contributed by atoms with Crippen molar-refractivity contribution in [2.24, 2.45) is 0 Å². The van der Waals surface area contributed by atoms with E-state index in [1.807, 2.05) is 6.07 Å². The molecule has 0 radical (unpaired) electrons. The first-order chi connectivity index (χ1) is 12.7. The molecule has 10 heteroatoms. The van der Waals surface area contributed by atoms with Gasteiger partial charge in [0.2, 0.25) is 5.89 Å². The number of nitrogens with two attached hydrogens (primary N) is 1. The van der Waals surface area contributed by atoms with Crippen LogP contribution in [0.3, 0.4) is 0 Å². The van der Waals surface area contributed by atoms with Crippen LogP contribution in [0.25, 0.3) is 11.0 Å². The number of nitrogens with zero attached hydrogens (tertiary/aromatic N) is 7. The fourth-order valence-electron chi connectivity index (χ4n) is 3.05. The summed E-state index contributed by atoms with van der Waals surface area (Å²) in [5.74, 6) is 2.53. The third kappa shape index (κ3) is 3.41. The van der Waals surface area contributed by atoms with Crippen LogP contribution in [-0.2, 0) is 17.9 Å². The van der Waals surface area contributed by atoms with Gasteiger partial charge in [0.1, 0.15) is 24.6 Å². The SMILES string of the molecule is COCc1noc(CN2CCN(c3ncnc4nc(N)ccc34)CC2)n1. The fraction of sp³-hybridized carbons (Fsp3) is 0.438. The third-order valence-electron chi connectivity index (χ3n) is 4.31. The first-order valence-corrected chi connectivity index (χ1v) is 8.38. The third-order valence-corrected chi connectivity index (χ3v) is 4.31. The first kappa shape index (κ1) is 16.6. The average Bonchev–Trinajstić information content (AvgIpc) is 3.09. The molecule has 0 amide bonds. The summed E-state index contributed by atoms with van der Waals surface area (Å²) < 4.78 is 10.3. The Morgan fingerprint density at radius 1 is 1.15 bits per heavy atom. The molecule has 0 atom stereocenters. The summed E-state index contributed by atoms with van der Waals surface area (Å²) in [5, 5.41) is 4.81. The minimum atomic E-state index is 0.358. The topological polar surface area (TPSA) is 119 Å². The molecule has 0 saturated carbocycles. The van der Waals surface area contributed by atoms with E-state index in [9.17, 15) is 0 Å². The second-order valence-electron chi connectivity index (χ2n) is 6.11. The summed E-state index contributed by atoms with van der Waals surface area (Å²) in [7, 11) is 1.61. The molecule has 26 heavy (non-hydrogen) atoms. The molecule has 4 rings (SSSR count). The maximum absolute atomic E-state index is 5.75. The van der Waals surface area contributed by atoms with Gasteiger partial charge in [-0.05, 0) is 12.1 Å². The van der Waals surface area contributed by atoms with Crippen LogP contribution in [0, 0.1) is 0 Å². The van der Waals surface area contributed by atoms with Crippen LogP contribution in [0.2, 0.25) is 0 Å². The minimum Gasteiger partial charge on any atom is -0.384 e. The van der Waals surface area contributed by atoms with Gasteiger partial charge >= 0.3 is 0 Å². The number of nitrogen functional groups attached to an aromatic ring is 1. The standard InChI is InChI=1S/C16H20N8O2/c1-25-9-13-21-14(26-22-13)8-23-4-6-24(7-5-23)16-11-2-3-12(17)20-15(11)18-10-19-16/h2-3,10H,4-9H2,1H3,(H2,17,18,19,20). The monoisotopic (exact) mass is 356 g/mol. The van der Waals surface area contributed by atoms with Crippen molar-refractivity contribution in [3.63, 3.8) is 0 Å². The lowest BCUT2D eigenvalue weighted by Gasteiger charge is -2.34. The molecule has 0 aliphatic carbocycles. The number of anilines is 2. The molecule has 0 bridgehead atoms. The van der Waals surface area contributed by atoms with E-state index < -0.39 is 0 Å². The van der Waals surface area contributed by atoms with Crippen LogP contribution < -0.4 is 10.6 Å². The summed E-state index contributed by atoms with van der Waals surface area (Å²) in [6, 6.07) is 3.70. The highest BCUT2D eigenvalue weighted by atomic mass is 16.5. The number of aromatic nitrogens is 5. The van der Waals surface area contributed by atoms with Crippen molar-refractivity contribution in [3.8, 4) is 0 Å². The van der Waals surface area contributed by atoms with Gasteiger partial charge < -0.3 is 19.9 Å². The Bertz CT molecular complexity index is 891. The lowest BCUT2D eigenvalue weighted by molar-refractivity contribution is 0.174. The molecule has 4 heterocycles. The second kappa shape index (κ2) is 7.18. The number of piperazine rings is 1. The van der Waals surface area contributed by atoms with Crippen molar-refractivity contribution < 1.29 is 9.26 Å². The number of pyridine rings is 1. The lowest BCUT2D eigenvalue weighted by atomic mass is 10.2. The smallest absolute Gasteiger partial charge is 0.240 e. The van der Waals surface area contributed by atoms with E-state index in [0.717, 1.165) is 37.4 Å². The number of methoxy groups -OCH3 is 1. The van der Waals surface area contributed by atoms with E-state index in [-0.39, 0.29) is 0 Å². The molecular formula is C16H20N8O2. The molecule has 1 fully saturated rings. The van der Waals surface area contributed by atoms with Crippen molar-refractivity contribution in [3.05, 3.63) is 30.2 Å². The zero-order valence-electron chi connectivity index (χ0n) is 14.5. The number of hydrogen-bond acceptors (Lipinski definition) is 10. The molecule has 1 aliphatic rings. The van der Waals surface area contributed by atoms with Gasteiger partial charge in [-0.15, -0.1) is 0 Å². The predicted molar refractivity (Wildman–Crippen MR) is 94.2 cm³/mol. The quantitative estimate of drug-likeness (QED) is 0.690. The zero-order valence-corrected chi connectivity index (χ0v) is 14.5. The summed E-state index contributed by atoms with van der Waals surface area (Å²) in [4.78, 5) is 21.8. The summed E-state index contributed by atoms with van der Waals surface area (Å²) >= 11 is 0.